The lowest BCUT2D eigenvalue weighted by Gasteiger charge is -2.36. The molecule has 2 rings (SSSR count). The zero-order valence-electron chi connectivity index (χ0n) is 11.9. The minimum absolute atomic E-state index is 0.276. The van der Waals surface area contributed by atoms with Crippen molar-refractivity contribution in [2.45, 2.75) is 20.3 Å². The monoisotopic (exact) mass is 265 g/mol. The van der Waals surface area contributed by atoms with Gasteiger partial charge in [0.15, 0.2) is 0 Å². The van der Waals surface area contributed by atoms with Crippen LogP contribution in [0.15, 0.2) is 18.2 Å². The maximum Gasteiger partial charge on any atom is 0.148 e. The van der Waals surface area contributed by atoms with Crippen molar-refractivity contribution in [1.29, 1.82) is 0 Å². The van der Waals surface area contributed by atoms with E-state index >= 15 is 0 Å². The van der Waals surface area contributed by atoms with Gasteiger partial charge in [-0.3, -0.25) is 4.90 Å². The summed E-state index contributed by atoms with van der Waals surface area (Å²) >= 11 is 0. The van der Waals surface area contributed by atoms with Crippen LogP contribution in [0.5, 0.6) is 0 Å². The summed E-state index contributed by atoms with van der Waals surface area (Å²) in [5, 5.41) is 0. The Bertz CT molecular complexity index is 412. The van der Waals surface area contributed by atoms with Gasteiger partial charge in [-0.15, -0.1) is 0 Å². The SMILES string of the molecule is CC(C)CCN1CCN(c2cccc(F)c2N)CC1. The Labute approximate surface area is 115 Å². The molecule has 1 aromatic carbocycles. The van der Waals surface area contributed by atoms with Gasteiger partial charge in [-0.25, -0.2) is 4.39 Å². The van der Waals surface area contributed by atoms with E-state index in [-0.39, 0.29) is 11.5 Å². The Morgan fingerprint density at radius 3 is 2.53 bits per heavy atom. The van der Waals surface area contributed by atoms with Crippen LogP contribution < -0.4 is 10.6 Å². The van der Waals surface area contributed by atoms with Crippen LogP contribution in [0.1, 0.15) is 20.3 Å². The topological polar surface area (TPSA) is 32.5 Å². The molecule has 0 bridgehead atoms. The zero-order valence-corrected chi connectivity index (χ0v) is 11.9. The first-order chi connectivity index (χ1) is 9.08. The van der Waals surface area contributed by atoms with Gasteiger partial charge >= 0.3 is 0 Å². The summed E-state index contributed by atoms with van der Waals surface area (Å²) in [7, 11) is 0. The molecule has 0 spiro atoms. The van der Waals surface area contributed by atoms with Gasteiger partial charge in [-0.1, -0.05) is 19.9 Å². The average molecular weight is 265 g/mol. The summed E-state index contributed by atoms with van der Waals surface area (Å²) in [6.45, 7) is 9.57. The highest BCUT2D eigenvalue weighted by atomic mass is 19.1. The Morgan fingerprint density at radius 1 is 1.21 bits per heavy atom. The first-order valence-electron chi connectivity index (χ1n) is 7.09. The summed E-state index contributed by atoms with van der Waals surface area (Å²) < 4.78 is 13.5. The highest BCUT2D eigenvalue weighted by Crippen LogP contribution is 2.26. The van der Waals surface area contributed by atoms with Gasteiger partial charge in [-0.2, -0.15) is 0 Å². The first kappa shape index (κ1) is 14.1. The van der Waals surface area contributed by atoms with E-state index in [4.69, 9.17) is 5.73 Å². The molecule has 0 atom stereocenters. The number of hydrogen-bond acceptors (Lipinski definition) is 3. The molecule has 1 aromatic rings. The fourth-order valence-electron chi connectivity index (χ4n) is 2.45. The molecule has 0 aromatic heterocycles. The smallest absolute Gasteiger partial charge is 0.148 e. The van der Waals surface area contributed by atoms with Crippen LogP contribution in [0.25, 0.3) is 0 Å². The molecule has 1 heterocycles. The summed E-state index contributed by atoms with van der Waals surface area (Å²) in [5.74, 6) is 0.427. The Hall–Kier alpha value is -1.29. The molecule has 3 nitrogen and oxygen atoms in total. The van der Waals surface area contributed by atoms with E-state index in [1.54, 1.807) is 6.07 Å². The van der Waals surface area contributed by atoms with E-state index in [1.807, 2.05) is 6.07 Å². The summed E-state index contributed by atoms with van der Waals surface area (Å²) in [6, 6.07) is 5.05. The van der Waals surface area contributed by atoms with E-state index in [0.717, 1.165) is 44.3 Å². The quantitative estimate of drug-likeness (QED) is 0.849. The number of nitrogens with two attached hydrogens (primary N) is 1. The van der Waals surface area contributed by atoms with Crippen molar-refractivity contribution in [3.63, 3.8) is 0 Å². The van der Waals surface area contributed by atoms with E-state index in [9.17, 15) is 4.39 Å². The fourth-order valence-corrected chi connectivity index (χ4v) is 2.45. The first-order valence-corrected chi connectivity index (χ1v) is 7.09. The Kier molecular flexibility index (Phi) is 4.64. The van der Waals surface area contributed by atoms with Crippen molar-refractivity contribution in [1.82, 2.24) is 4.90 Å². The second-order valence-corrected chi connectivity index (χ2v) is 5.68. The van der Waals surface area contributed by atoms with Gasteiger partial charge in [0.25, 0.3) is 0 Å². The molecule has 1 saturated heterocycles. The van der Waals surface area contributed by atoms with Crippen molar-refractivity contribution in [2.75, 3.05) is 43.4 Å². The van der Waals surface area contributed by atoms with E-state index in [2.05, 4.69) is 23.6 Å². The van der Waals surface area contributed by atoms with E-state index < -0.39 is 0 Å². The molecule has 1 fully saturated rings. The van der Waals surface area contributed by atoms with Gasteiger partial charge in [-0.05, 0) is 31.0 Å². The van der Waals surface area contributed by atoms with Crippen molar-refractivity contribution in [3.8, 4) is 0 Å². The minimum atomic E-state index is -0.320. The molecule has 0 saturated carbocycles. The lowest BCUT2D eigenvalue weighted by molar-refractivity contribution is 0.244. The van der Waals surface area contributed by atoms with Crippen molar-refractivity contribution < 1.29 is 4.39 Å². The van der Waals surface area contributed by atoms with Crippen LogP contribution in [0, 0.1) is 11.7 Å². The molecule has 1 aliphatic rings. The third kappa shape index (κ3) is 3.60. The summed E-state index contributed by atoms with van der Waals surface area (Å²) in [4.78, 5) is 4.66. The van der Waals surface area contributed by atoms with Gasteiger partial charge in [0.1, 0.15) is 5.82 Å². The number of rotatable bonds is 4. The average Bonchev–Trinajstić information content (AvgIpc) is 2.40. The summed E-state index contributed by atoms with van der Waals surface area (Å²) in [5.41, 5.74) is 6.93. The molecule has 106 valence electrons. The number of nitrogen functional groups attached to an aromatic ring is 1. The third-order valence-electron chi connectivity index (χ3n) is 3.77. The molecular formula is C15H24FN3. The number of hydrogen-bond donors (Lipinski definition) is 1. The Balaban J connectivity index is 1.91. The van der Waals surface area contributed by atoms with Crippen LogP contribution in [0.3, 0.4) is 0 Å². The Morgan fingerprint density at radius 2 is 1.89 bits per heavy atom. The lowest BCUT2D eigenvalue weighted by Crippen LogP contribution is -2.47. The van der Waals surface area contributed by atoms with Crippen LogP contribution in [-0.2, 0) is 0 Å². The van der Waals surface area contributed by atoms with Crippen LogP contribution in [0.2, 0.25) is 0 Å². The third-order valence-corrected chi connectivity index (χ3v) is 3.77. The second-order valence-electron chi connectivity index (χ2n) is 5.68. The number of para-hydroxylation sites is 1. The molecular weight excluding hydrogens is 241 g/mol. The highest BCUT2D eigenvalue weighted by molar-refractivity contribution is 5.68. The molecule has 0 amide bonds. The van der Waals surface area contributed by atoms with Gasteiger partial charge in [0.05, 0.1) is 11.4 Å². The van der Waals surface area contributed by atoms with Crippen LogP contribution in [-0.4, -0.2) is 37.6 Å². The number of anilines is 2. The molecule has 4 heteroatoms. The van der Waals surface area contributed by atoms with Gasteiger partial charge < -0.3 is 10.6 Å². The number of halogens is 1. The van der Waals surface area contributed by atoms with Crippen molar-refractivity contribution in [2.24, 2.45) is 5.92 Å². The minimum Gasteiger partial charge on any atom is -0.395 e. The highest BCUT2D eigenvalue weighted by Gasteiger charge is 2.19. The lowest BCUT2D eigenvalue weighted by atomic mass is 10.1. The largest absolute Gasteiger partial charge is 0.395 e. The molecule has 1 aliphatic heterocycles. The molecule has 0 unspecified atom stereocenters. The molecule has 0 aliphatic carbocycles. The van der Waals surface area contributed by atoms with Gasteiger partial charge in [0, 0.05) is 26.2 Å². The molecule has 19 heavy (non-hydrogen) atoms. The normalized spacial score (nSPS) is 17.2. The predicted molar refractivity (Wildman–Crippen MR) is 78.9 cm³/mol. The molecule has 0 radical (unpaired) electrons. The second kappa shape index (κ2) is 6.24. The standard InChI is InChI=1S/C15H24FN3/c1-12(2)6-7-18-8-10-19(11-9-18)14-5-3-4-13(16)15(14)17/h3-5,12H,6-11,17H2,1-2H3. The molecule has 2 N–H and O–H groups in total. The predicted octanol–water partition coefficient (Wildman–Crippen LogP) is 2.58. The van der Waals surface area contributed by atoms with Crippen LogP contribution in [0.4, 0.5) is 15.8 Å². The van der Waals surface area contributed by atoms with Crippen molar-refractivity contribution >= 4 is 11.4 Å². The van der Waals surface area contributed by atoms with E-state index in [1.165, 1.54) is 12.5 Å². The number of nitrogens with zero attached hydrogens (tertiary/aromatic N) is 2. The van der Waals surface area contributed by atoms with Gasteiger partial charge in [0.2, 0.25) is 0 Å². The zero-order chi connectivity index (χ0) is 13.8. The maximum atomic E-state index is 13.5. The van der Waals surface area contributed by atoms with E-state index in [0.29, 0.717) is 0 Å². The van der Waals surface area contributed by atoms with Crippen molar-refractivity contribution in [3.05, 3.63) is 24.0 Å². The number of benzene rings is 1. The fraction of sp³-hybridized carbons (Fsp3) is 0.600. The van der Waals surface area contributed by atoms with Crippen LogP contribution >= 0.6 is 0 Å². The summed E-state index contributed by atoms with van der Waals surface area (Å²) in [6.07, 6.45) is 1.24. The maximum absolute atomic E-state index is 13.5. The number of piperazine rings is 1.